The Morgan fingerprint density at radius 2 is 1.95 bits per heavy atom. The van der Waals surface area contributed by atoms with Crippen molar-refractivity contribution in [3.8, 4) is 0 Å². The number of rotatable bonds is 2. The monoisotopic (exact) mass is 286 g/mol. The van der Waals surface area contributed by atoms with Gasteiger partial charge in [0, 0.05) is 6.61 Å². The first-order chi connectivity index (χ1) is 10.0. The number of benzene rings is 2. The van der Waals surface area contributed by atoms with Crippen LogP contribution in [0.5, 0.6) is 0 Å². The second-order valence-corrected chi connectivity index (χ2v) is 5.87. The highest BCUT2D eigenvalue weighted by Crippen LogP contribution is 2.42. The molecule has 2 aromatic carbocycles. The van der Waals surface area contributed by atoms with Gasteiger partial charge in [0.25, 0.3) is 0 Å². The summed E-state index contributed by atoms with van der Waals surface area (Å²) < 4.78 is 13.6. The van der Waals surface area contributed by atoms with Crippen LogP contribution < -0.4 is 0 Å². The molecular formula is C18H19FO2. The van der Waals surface area contributed by atoms with E-state index in [-0.39, 0.29) is 18.3 Å². The van der Waals surface area contributed by atoms with Crippen LogP contribution in [0.15, 0.2) is 42.5 Å². The van der Waals surface area contributed by atoms with E-state index in [0.717, 1.165) is 22.3 Å². The summed E-state index contributed by atoms with van der Waals surface area (Å²) in [6, 6.07) is 12.3. The van der Waals surface area contributed by atoms with Crippen molar-refractivity contribution in [2.75, 3.05) is 6.61 Å². The summed E-state index contributed by atoms with van der Waals surface area (Å²) in [7, 11) is 0. The Morgan fingerprint density at radius 3 is 2.71 bits per heavy atom. The van der Waals surface area contributed by atoms with Gasteiger partial charge in [-0.2, -0.15) is 0 Å². The molecule has 0 heterocycles. The summed E-state index contributed by atoms with van der Waals surface area (Å²) in [6.45, 7) is 1.83. The summed E-state index contributed by atoms with van der Waals surface area (Å²) in [5.41, 5.74) is 2.29. The van der Waals surface area contributed by atoms with Crippen LogP contribution in [0.3, 0.4) is 0 Å². The van der Waals surface area contributed by atoms with Crippen molar-refractivity contribution >= 4 is 0 Å². The maximum Gasteiger partial charge on any atom is 0.123 e. The summed E-state index contributed by atoms with van der Waals surface area (Å²) in [5.74, 6) is -0.209. The Labute approximate surface area is 123 Å². The van der Waals surface area contributed by atoms with Crippen LogP contribution in [0.4, 0.5) is 4.39 Å². The molecule has 2 atom stereocenters. The van der Waals surface area contributed by atoms with Crippen LogP contribution in [-0.4, -0.2) is 16.8 Å². The van der Waals surface area contributed by atoms with Gasteiger partial charge >= 0.3 is 0 Å². The van der Waals surface area contributed by atoms with Gasteiger partial charge in [-0.25, -0.2) is 4.39 Å². The molecule has 0 radical (unpaired) electrons. The van der Waals surface area contributed by atoms with Crippen LogP contribution in [-0.2, 0) is 12.0 Å². The molecule has 2 N–H and O–H groups in total. The fraction of sp³-hybridized carbons (Fsp3) is 0.333. The van der Waals surface area contributed by atoms with Gasteiger partial charge in [-0.3, -0.25) is 0 Å². The molecule has 3 heteroatoms. The lowest BCUT2D eigenvalue weighted by Gasteiger charge is -2.27. The molecule has 1 unspecified atom stereocenters. The van der Waals surface area contributed by atoms with Gasteiger partial charge < -0.3 is 10.2 Å². The third-order valence-electron chi connectivity index (χ3n) is 4.46. The van der Waals surface area contributed by atoms with E-state index in [1.807, 2.05) is 24.3 Å². The zero-order chi connectivity index (χ0) is 15.0. The van der Waals surface area contributed by atoms with Gasteiger partial charge in [0.2, 0.25) is 0 Å². The molecule has 0 saturated heterocycles. The van der Waals surface area contributed by atoms with Gasteiger partial charge in [-0.1, -0.05) is 30.3 Å². The third-order valence-corrected chi connectivity index (χ3v) is 4.46. The molecule has 1 aliphatic rings. The molecule has 110 valence electrons. The molecule has 0 spiro atoms. The lowest BCUT2D eigenvalue weighted by atomic mass is 9.84. The minimum Gasteiger partial charge on any atom is -0.396 e. The molecule has 2 nitrogen and oxygen atoms in total. The first-order valence-electron chi connectivity index (χ1n) is 7.25. The summed E-state index contributed by atoms with van der Waals surface area (Å²) >= 11 is 0. The molecule has 0 aliphatic heterocycles. The second kappa shape index (κ2) is 5.24. The van der Waals surface area contributed by atoms with E-state index in [1.165, 1.54) is 12.1 Å². The quantitative estimate of drug-likeness (QED) is 0.890. The molecular weight excluding hydrogens is 267 g/mol. The molecule has 3 rings (SSSR count). The molecule has 0 aromatic heterocycles. The van der Waals surface area contributed by atoms with Crippen molar-refractivity contribution in [1.29, 1.82) is 0 Å². The maximum atomic E-state index is 13.6. The number of hydrogen-bond acceptors (Lipinski definition) is 2. The van der Waals surface area contributed by atoms with Crippen molar-refractivity contribution in [1.82, 2.24) is 0 Å². The van der Waals surface area contributed by atoms with E-state index in [9.17, 15) is 14.6 Å². The smallest absolute Gasteiger partial charge is 0.123 e. The maximum absolute atomic E-state index is 13.6. The molecule has 1 aliphatic carbocycles. The first-order valence-corrected chi connectivity index (χ1v) is 7.25. The average Bonchev–Trinajstić information content (AvgIpc) is 2.54. The van der Waals surface area contributed by atoms with Crippen molar-refractivity contribution in [3.63, 3.8) is 0 Å². The largest absolute Gasteiger partial charge is 0.396 e. The Morgan fingerprint density at radius 1 is 1.19 bits per heavy atom. The fourth-order valence-corrected chi connectivity index (χ4v) is 3.44. The number of fused-ring (bicyclic) bond motifs is 2. The fourth-order valence-electron chi connectivity index (χ4n) is 3.44. The van der Waals surface area contributed by atoms with Crippen LogP contribution in [0, 0.1) is 5.82 Å². The number of hydrogen-bond donors (Lipinski definition) is 2. The molecule has 0 bridgehead atoms. The molecule has 21 heavy (non-hydrogen) atoms. The number of halogens is 1. The highest BCUT2D eigenvalue weighted by molar-refractivity contribution is 5.48. The predicted octanol–water partition coefficient (Wildman–Crippen LogP) is 3.10. The van der Waals surface area contributed by atoms with E-state index >= 15 is 0 Å². The summed E-state index contributed by atoms with van der Waals surface area (Å²) in [5, 5.41) is 20.4. The van der Waals surface area contributed by atoms with Crippen molar-refractivity contribution < 1.29 is 14.6 Å². The topological polar surface area (TPSA) is 40.5 Å². The van der Waals surface area contributed by atoms with Crippen LogP contribution in [0.25, 0.3) is 0 Å². The van der Waals surface area contributed by atoms with Gasteiger partial charge in [0.05, 0.1) is 0 Å². The predicted molar refractivity (Wildman–Crippen MR) is 79.7 cm³/mol. The lowest BCUT2D eigenvalue weighted by Crippen LogP contribution is -2.24. The molecule has 0 fully saturated rings. The number of aliphatic hydroxyl groups excluding tert-OH is 1. The lowest BCUT2D eigenvalue weighted by molar-refractivity contribution is 0.101. The minimum absolute atomic E-state index is 0.0752. The van der Waals surface area contributed by atoms with Gasteiger partial charge in [0.1, 0.15) is 11.4 Å². The normalized spacial score (nSPS) is 24.1. The Kier molecular flexibility index (Phi) is 3.56. The van der Waals surface area contributed by atoms with Gasteiger partial charge in [-0.15, -0.1) is 0 Å². The van der Waals surface area contributed by atoms with Gasteiger partial charge in [0.15, 0.2) is 0 Å². The van der Waals surface area contributed by atoms with Crippen LogP contribution >= 0.6 is 0 Å². The minimum atomic E-state index is -1.15. The molecule has 0 saturated carbocycles. The zero-order valence-corrected chi connectivity index (χ0v) is 12.0. The Bertz CT molecular complexity index is 664. The average molecular weight is 286 g/mol. The molecule has 0 amide bonds. The van der Waals surface area contributed by atoms with E-state index in [4.69, 9.17) is 0 Å². The standard InChI is InChI=1S/C18H19FO2/c1-18(21)16-7-6-14(19)11-13(16)10-12(8-9-20)15-4-2-3-5-17(15)18/h2-7,11-12,20-21H,8-10H2,1H3/t12-,18?/m0/s1. The van der Waals surface area contributed by atoms with E-state index in [0.29, 0.717) is 12.8 Å². The van der Waals surface area contributed by atoms with Crippen LogP contribution in [0.2, 0.25) is 0 Å². The summed E-state index contributed by atoms with van der Waals surface area (Å²) in [4.78, 5) is 0. The van der Waals surface area contributed by atoms with Crippen molar-refractivity contribution in [2.24, 2.45) is 0 Å². The highest BCUT2D eigenvalue weighted by atomic mass is 19.1. The van der Waals surface area contributed by atoms with Crippen molar-refractivity contribution in [3.05, 3.63) is 70.5 Å². The SMILES string of the molecule is CC1(O)c2ccc(F)cc2C[C@H](CCO)c2ccccc21. The van der Waals surface area contributed by atoms with Crippen LogP contribution in [0.1, 0.15) is 41.5 Å². The first kappa shape index (κ1) is 14.2. The van der Waals surface area contributed by atoms with E-state index in [2.05, 4.69) is 0 Å². The number of aliphatic hydroxyl groups is 2. The second-order valence-electron chi connectivity index (χ2n) is 5.87. The third kappa shape index (κ3) is 2.37. The molecule has 2 aromatic rings. The Hall–Kier alpha value is -1.71. The van der Waals surface area contributed by atoms with E-state index < -0.39 is 5.60 Å². The zero-order valence-electron chi connectivity index (χ0n) is 12.0. The summed E-state index contributed by atoms with van der Waals surface area (Å²) in [6.07, 6.45) is 1.23. The van der Waals surface area contributed by atoms with Crippen molar-refractivity contribution in [2.45, 2.75) is 31.3 Å². The van der Waals surface area contributed by atoms with E-state index in [1.54, 1.807) is 13.0 Å². The Balaban J connectivity index is 2.24. The highest BCUT2D eigenvalue weighted by Gasteiger charge is 2.35. The van der Waals surface area contributed by atoms with Gasteiger partial charge in [-0.05, 0) is 60.1 Å².